The minimum atomic E-state index is -1.24. The Morgan fingerprint density at radius 1 is 0.977 bits per heavy atom. The summed E-state index contributed by atoms with van der Waals surface area (Å²) in [5.41, 5.74) is 3.89. The highest BCUT2D eigenvalue weighted by Crippen LogP contribution is 2.44. The van der Waals surface area contributed by atoms with Crippen molar-refractivity contribution in [1.82, 2.24) is 10.2 Å². The van der Waals surface area contributed by atoms with Crippen LogP contribution in [0.4, 0.5) is 15.3 Å². The van der Waals surface area contributed by atoms with Gasteiger partial charge in [0.1, 0.15) is 19.3 Å². The molecule has 0 saturated carbocycles. The highest BCUT2D eigenvalue weighted by molar-refractivity contribution is 5.82. The van der Waals surface area contributed by atoms with Gasteiger partial charge in [-0.3, -0.25) is 15.0 Å². The van der Waals surface area contributed by atoms with Crippen LogP contribution in [0.15, 0.2) is 60.7 Å². The highest BCUT2D eigenvalue weighted by Gasteiger charge is 2.42. The first-order valence-electron chi connectivity index (χ1n) is 13.4. The molecule has 43 heavy (non-hydrogen) atoms. The molecular formula is C30H29N3O10. The molecule has 13 heteroatoms. The Labute approximate surface area is 246 Å². The van der Waals surface area contributed by atoms with Gasteiger partial charge in [0, 0.05) is 18.9 Å². The quantitative estimate of drug-likeness (QED) is 0.270. The number of carboxylic acids is 1. The zero-order valence-corrected chi connectivity index (χ0v) is 23.3. The number of nitrogens with zero attached hydrogens (tertiary/aromatic N) is 2. The molecule has 0 unspecified atom stereocenters. The number of aliphatic carboxylic acids is 1. The monoisotopic (exact) mass is 591 g/mol. The number of methoxy groups -OCH3 is 2. The van der Waals surface area contributed by atoms with Crippen molar-refractivity contribution >= 4 is 23.8 Å². The lowest BCUT2D eigenvalue weighted by Gasteiger charge is -2.22. The number of hydrogen-bond acceptors (Lipinski definition) is 9. The number of nitro benzene ring substituents is 1. The maximum Gasteiger partial charge on any atom is 0.410 e. The summed E-state index contributed by atoms with van der Waals surface area (Å²) in [6.07, 6.45) is -1.83. The summed E-state index contributed by atoms with van der Waals surface area (Å²) in [5, 5.41) is 23.8. The number of rotatable bonds is 9. The molecule has 1 saturated heterocycles. The van der Waals surface area contributed by atoms with Crippen molar-refractivity contribution in [3.63, 3.8) is 0 Å². The van der Waals surface area contributed by atoms with Crippen LogP contribution in [0.1, 0.15) is 29.0 Å². The van der Waals surface area contributed by atoms with E-state index in [-0.39, 0.29) is 48.2 Å². The number of alkyl carbamates (subject to hydrolysis) is 1. The molecule has 1 aliphatic carbocycles. The second-order valence-electron chi connectivity index (χ2n) is 10.1. The van der Waals surface area contributed by atoms with Gasteiger partial charge in [0.15, 0.2) is 11.5 Å². The summed E-state index contributed by atoms with van der Waals surface area (Å²) in [6.45, 7) is -0.577. The largest absolute Gasteiger partial charge is 0.493 e. The average molecular weight is 592 g/mol. The van der Waals surface area contributed by atoms with Gasteiger partial charge in [0.25, 0.3) is 5.69 Å². The lowest BCUT2D eigenvalue weighted by atomic mass is 9.98. The van der Waals surface area contributed by atoms with E-state index in [2.05, 4.69) is 5.32 Å². The van der Waals surface area contributed by atoms with Crippen LogP contribution >= 0.6 is 0 Å². The molecule has 1 fully saturated rings. The molecule has 224 valence electrons. The molecule has 0 radical (unpaired) electrons. The third-order valence-electron chi connectivity index (χ3n) is 7.62. The number of nitrogens with one attached hydrogen (secondary N) is 1. The van der Waals surface area contributed by atoms with Crippen molar-refractivity contribution in [2.24, 2.45) is 0 Å². The van der Waals surface area contributed by atoms with E-state index in [0.717, 1.165) is 33.2 Å². The number of carboxylic acid groups (broad SMARTS) is 1. The second kappa shape index (κ2) is 12.3. The molecule has 5 rings (SSSR count). The number of amides is 2. The summed E-state index contributed by atoms with van der Waals surface area (Å²) in [7, 11) is 2.70. The predicted octanol–water partition coefficient (Wildman–Crippen LogP) is 4.31. The Hall–Kier alpha value is -5.33. The maximum absolute atomic E-state index is 13.1. The zero-order valence-electron chi connectivity index (χ0n) is 23.3. The lowest BCUT2D eigenvalue weighted by Crippen LogP contribution is -2.42. The van der Waals surface area contributed by atoms with Crippen molar-refractivity contribution in [1.29, 1.82) is 0 Å². The van der Waals surface area contributed by atoms with Crippen LogP contribution < -0.4 is 14.8 Å². The molecule has 3 aromatic carbocycles. The third kappa shape index (κ3) is 5.87. The number of fused-ring (bicyclic) bond motifs is 3. The van der Waals surface area contributed by atoms with Gasteiger partial charge in [-0.05, 0) is 28.3 Å². The first kappa shape index (κ1) is 29.2. The van der Waals surface area contributed by atoms with Gasteiger partial charge in [0.2, 0.25) is 0 Å². The van der Waals surface area contributed by atoms with Crippen molar-refractivity contribution in [2.45, 2.75) is 31.0 Å². The van der Waals surface area contributed by atoms with E-state index in [4.69, 9.17) is 18.9 Å². The minimum Gasteiger partial charge on any atom is -0.493 e. The average Bonchev–Trinajstić information content (AvgIpc) is 3.57. The predicted molar refractivity (Wildman–Crippen MR) is 151 cm³/mol. The number of carbonyl (C=O) groups is 3. The number of likely N-dealkylation sites (tertiary alicyclic amines) is 1. The van der Waals surface area contributed by atoms with Crippen LogP contribution in [0.5, 0.6) is 11.5 Å². The van der Waals surface area contributed by atoms with E-state index in [9.17, 15) is 29.6 Å². The Morgan fingerprint density at radius 3 is 2.16 bits per heavy atom. The molecule has 1 aliphatic heterocycles. The number of nitro groups is 1. The van der Waals surface area contributed by atoms with Gasteiger partial charge in [-0.2, -0.15) is 0 Å². The van der Waals surface area contributed by atoms with E-state index in [1.54, 1.807) is 0 Å². The molecule has 0 aromatic heterocycles. The van der Waals surface area contributed by atoms with Crippen LogP contribution in [0, 0.1) is 10.1 Å². The summed E-state index contributed by atoms with van der Waals surface area (Å²) >= 11 is 0. The minimum absolute atomic E-state index is 0.0138. The van der Waals surface area contributed by atoms with E-state index in [1.165, 1.54) is 20.3 Å². The molecule has 0 spiro atoms. The van der Waals surface area contributed by atoms with Gasteiger partial charge >= 0.3 is 18.2 Å². The Balaban J connectivity index is 1.21. The van der Waals surface area contributed by atoms with Crippen molar-refractivity contribution in [3.05, 3.63) is 87.5 Å². The smallest absolute Gasteiger partial charge is 0.410 e. The standard InChI is InChI=1S/C30H29N3O10/c1-40-26-11-17(24(33(38)39)13-27(26)41-2)15-42-29(36)31-18-12-25(28(34)35)32(14-18)30(37)43-16-23-21-9-5-3-7-19(21)20-8-4-6-10-22(20)23/h3-11,13,18,23,25H,12,14-16H2,1-2H3,(H,31,36)(H,34,35)/t18-,25-/m0/s1. The molecule has 2 N–H and O–H groups in total. The Morgan fingerprint density at radius 2 is 1.58 bits per heavy atom. The van der Waals surface area contributed by atoms with Crippen molar-refractivity contribution < 1.29 is 43.4 Å². The number of hydrogen-bond donors (Lipinski definition) is 2. The van der Waals surface area contributed by atoms with Crippen LogP contribution in [-0.4, -0.2) is 72.5 Å². The normalized spacial score (nSPS) is 17.0. The number of carbonyl (C=O) groups excluding carboxylic acids is 2. The first-order chi connectivity index (χ1) is 20.7. The summed E-state index contributed by atoms with van der Waals surface area (Å²) < 4.78 is 21.1. The summed E-state index contributed by atoms with van der Waals surface area (Å²) in [6, 6.07) is 16.2. The topological polar surface area (TPSA) is 167 Å². The Bertz CT molecular complexity index is 1530. The molecule has 3 aromatic rings. The van der Waals surface area contributed by atoms with E-state index in [0.29, 0.717) is 0 Å². The van der Waals surface area contributed by atoms with Gasteiger partial charge < -0.3 is 29.4 Å². The molecular weight excluding hydrogens is 562 g/mol. The van der Waals surface area contributed by atoms with Crippen LogP contribution in [-0.2, 0) is 20.9 Å². The van der Waals surface area contributed by atoms with Gasteiger partial charge in [-0.25, -0.2) is 14.4 Å². The first-order valence-corrected chi connectivity index (χ1v) is 13.4. The van der Waals surface area contributed by atoms with E-state index >= 15 is 0 Å². The van der Waals surface area contributed by atoms with E-state index < -0.39 is 41.8 Å². The van der Waals surface area contributed by atoms with Crippen LogP contribution in [0.3, 0.4) is 0 Å². The summed E-state index contributed by atoms with van der Waals surface area (Å²) in [4.78, 5) is 49.6. The number of ether oxygens (including phenoxy) is 4. The fraction of sp³-hybridized carbons (Fsp3) is 0.300. The van der Waals surface area contributed by atoms with Crippen LogP contribution in [0.2, 0.25) is 0 Å². The molecule has 13 nitrogen and oxygen atoms in total. The fourth-order valence-corrected chi connectivity index (χ4v) is 5.60. The number of benzene rings is 3. The van der Waals surface area contributed by atoms with Crippen molar-refractivity contribution in [2.75, 3.05) is 27.4 Å². The Kier molecular flexibility index (Phi) is 8.32. The SMILES string of the molecule is COc1cc(COC(=O)N[C@H]2C[C@@H](C(=O)O)N(C(=O)OCC3c4ccccc4-c4ccccc43)C2)c([N+](=O)[O-])cc1OC. The zero-order chi connectivity index (χ0) is 30.7. The van der Waals surface area contributed by atoms with Crippen molar-refractivity contribution in [3.8, 4) is 22.6 Å². The molecule has 2 atom stereocenters. The maximum atomic E-state index is 13.1. The fourth-order valence-electron chi connectivity index (χ4n) is 5.60. The van der Waals surface area contributed by atoms with Gasteiger partial charge in [0.05, 0.1) is 36.8 Å². The summed E-state index contributed by atoms with van der Waals surface area (Å²) in [5.74, 6) is -1.09. The lowest BCUT2D eigenvalue weighted by molar-refractivity contribution is -0.385. The second-order valence-corrected chi connectivity index (χ2v) is 10.1. The van der Waals surface area contributed by atoms with Gasteiger partial charge in [-0.1, -0.05) is 48.5 Å². The van der Waals surface area contributed by atoms with Crippen LogP contribution in [0.25, 0.3) is 11.1 Å². The molecule has 0 bridgehead atoms. The third-order valence-corrected chi connectivity index (χ3v) is 7.62. The molecule has 2 amide bonds. The highest BCUT2D eigenvalue weighted by atomic mass is 16.6. The molecule has 1 heterocycles. The van der Waals surface area contributed by atoms with Gasteiger partial charge in [-0.15, -0.1) is 0 Å². The molecule has 2 aliphatic rings. The van der Waals surface area contributed by atoms with E-state index in [1.807, 2.05) is 48.5 Å².